The van der Waals surface area contributed by atoms with Crippen molar-refractivity contribution in [1.29, 1.82) is 0 Å². The van der Waals surface area contributed by atoms with Crippen molar-refractivity contribution >= 4 is 5.78 Å². The second kappa shape index (κ2) is 6.42. The monoisotopic (exact) mass is 222 g/mol. The van der Waals surface area contributed by atoms with Gasteiger partial charge < -0.3 is 0 Å². The van der Waals surface area contributed by atoms with E-state index in [2.05, 4.69) is 0 Å². The molecule has 16 heavy (non-hydrogen) atoms. The normalized spacial score (nSPS) is 33.9. The van der Waals surface area contributed by atoms with Crippen molar-refractivity contribution in [3.63, 3.8) is 0 Å². The maximum absolute atomic E-state index is 10.2. The molecule has 3 fully saturated rings. The van der Waals surface area contributed by atoms with Crippen LogP contribution in [-0.2, 0) is 4.79 Å². The topological polar surface area (TPSA) is 17.1 Å². The number of ketones is 1. The largest absolute Gasteiger partial charge is 0.300 e. The molecule has 3 aliphatic carbocycles. The van der Waals surface area contributed by atoms with Gasteiger partial charge in [-0.1, -0.05) is 51.4 Å². The van der Waals surface area contributed by atoms with Crippen LogP contribution in [0.3, 0.4) is 0 Å². The molecular weight excluding hydrogens is 196 g/mol. The van der Waals surface area contributed by atoms with E-state index in [4.69, 9.17) is 0 Å². The molecule has 0 heterocycles. The van der Waals surface area contributed by atoms with Crippen molar-refractivity contribution in [3.05, 3.63) is 0 Å². The van der Waals surface area contributed by atoms with E-state index >= 15 is 0 Å². The van der Waals surface area contributed by atoms with Crippen molar-refractivity contribution < 1.29 is 4.79 Å². The van der Waals surface area contributed by atoms with Gasteiger partial charge in [0, 0.05) is 12.8 Å². The number of fused-ring (bicyclic) bond motifs is 1. The summed E-state index contributed by atoms with van der Waals surface area (Å²) < 4.78 is 0. The molecule has 0 radical (unpaired) electrons. The highest BCUT2D eigenvalue weighted by Crippen LogP contribution is 2.39. The first kappa shape index (κ1) is 12.1. The average Bonchev–Trinajstić information content (AvgIpc) is 2.81. The molecule has 0 bridgehead atoms. The Morgan fingerprint density at radius 1 is 0.625 bits per heavy atom. The first-order valence-electron chi connectivity index (χ1n) is 7.38. The van der Waals surface area contributed by atoms with Gasteiger partial charge in [-0.3, -0.25) is 4.79 Å². The minimum atomic E-state index is 0.454. The highest BCUT2D eigenvalue weighted by molar-refractivity contribution is 5.79. The summed E-state index contributed by atoms with van der Waals surface area (Å²) in [6, 6.07) is 0. The fourth-order valence-corrected chi connectivity index (χ4v) is 3.63. The Kier molecular flexibility index (Phi) is 4.87. The third kappa shape index (κ3) is 3.61. The smallest absolute Gasteiger partial charge is 0.132 e. The lowest BCUT2D eigenvalue weighted by molar-refractivity contribution is -0.117. The number of hydrogen-bond acceptors (Lipinski definition) is 1. The van der Waals surface area contributed by atoms with Crippen molar-refractivity contribution in [2.45, 2.75) is 77.0 Å². The third-order valence-electron chi connectivity index (χ3n) is 4.63. The Labute approximate surface area is 100.0 Å². The van der Waals surface area contributed by atoms with Gasteiger partial charge in [0.05, 0.1) is 0 Å². The Bertz CT molecular complexity index is 187. The van der Waals surface area contributed by atoms with E-state index < -0.39 is 0 Å². The van der Waals surface area contributed by atoms with Crippen molar-refractivity contribution in [2.75, 3.05) is 0 Å². The van der Waals surface area contributed by atoms with Crippen LogP contribution in [0.5, 0.6) is 0 Å². The molecule has 0 unspecified atom stereocenters. The zero-order valence-corrected chi connectivity index (χ0v) is 10.5. The molecule has 0 atom stereocenters. The fraction of sp³-hybridized carbons (Fsp3) is 0.933. The van der Waals surface area contributed by atoms with Gasteiger partial charge >= 0.3 is 0 Å². The summed E-state index contributed by atoms with van der Waals surface area (Å²) >= 11 is 0. The number of carbonyl (C=O) groups is 1. The van der Waals surface area contributed by atoms with Gasteiger partial charge in [-0.2, -0.15) is 0 Å². The zero-order chi connectivity index (χ0) is 11.2. The van der Waals surface area contributed by atoms with E-state index in [1.807, 2.05) is 0 Å². The van der Waals surface area contributed by atoms with Crippen LogP contribution < -0.4 is 0 Å². The third-order valence-corrected chi connectivity index (χ3v) is 4.63. The zero-order valence-electron chi connectivity index (χ0n) is 10.5. The van der Waals surface area contributed by atoms with Crippen LogP contribution in [0.2, 0.25) is 0 Å². The van der Waals surface area contributed by atoms with Crippen LogP contribution in [0.1, 0.15) is 77.0 Å². The second-order valence-corrected chi connectivity index (χ2v) is 5.83. The molecule has 1 heteroatoms. The van der Waals surface area contributed by atoms with Crippen LogP contribution in [0.4, 0.5) is 0 Å². The summed E-state index contributed by atoms with van der Waals surface area (Å²) in [4.78, 5) is 10.2. The Morgan fingerprint density at radius 2 is 1.00 bits per heavy atom. The highest BCUT2D eigenvalue weighted by Gasteiger charge is 2.26. The van der Waals surface area contributed by atoms with E-state index in [1.165, 1.54) is 25.7 Å². The highest BCUT2D eigenvalue weighted by atomic mass is 16.1. The Balaban J connectivity index is 0.000000138. The van der Waals surface area contributed by atoms with Gasteiger partial charge in [-0.05, 0) is 24.7 Å². The number of rotatable bonds is 0. The SMILES string of the molecule is C1CCC2CCCCC2C1.O=C1CCCC1. The fourth-order valence-electron chi connectivity index (χ4n) is 3.63. The lowest BCUT2D eigenvalue weighted by Gasteiger charge is -2.35. The molecule has 1 nitrogen and oxygen atoms in total. The van der Waals surface area contributed by atoms with Crippen LogP contribution in [0.15, 0.2) is 0 Å². The van der Waals surface area contributed by atoms with Gasteiger partial charge in [0.25, 0.3) is 0 Å². The van der Waals surface area contributed by atoms with E-state index in [9.17, 15) is 4.79 Å². The minimum absolute atomic E-state index is 0.454. The van der Waals surface area contributed by atoms with E-state index in [0.29, 0.717) is 5.78 Å². The number of hydrogen-bond donors (Lipinski definition) is 0. The van der Waals surface area contributed by atoms with Gasteiger partial charge in [-0.15, -0.1) is 0 Å². The van der Waals surface area contributed by atoms with Crippen LogP contribution >= 0.6 is 0 Å². The van der Waals surface area contributed by atoms with Crippen LogP contribution in [0.25, 0.3) is 0 Å². The molecule has 0 N–H and O–H groups in total. The minimum Gasteiger partial charge on any atom is -0.300 e. The van der Waals surface area contributed by atoms with Crippen molar-refractivity contribution in [3.8, 4) is 0 Å². The van der Waals surface area contributed by atoms with Crippen molar-refractivity contribution in [1.82, 2.24) is 0 Å². The molecule has 0 aliphatic heterocycles. The molecule has 0 aromatic rings. The second-order valence-electron chi connectivity index (χ2n) is 5.83. The van der Waals surface area contributed by atoms with Crippen LogP contribution in [0, 0.1) is 11.8 Å². The lowest BCUT2D eigenvalue weighted by atomic mass is 9.71. The molecule has 0 saturated heterocycles. The van der Waals surface area contributed by atoms with Gasteiger partial charge in [0.2, 0.25) is 0 Å². The van der Waals surface area contributed by atoms with Crippen molar-refractivity contribution in [2.24, 2.45) is 11.8 Å². The van der Waals surface area contributed by atoms with Gasteiger partial charge in [0.1, 0.15) is 5.78 Å². The molecule has 3 aliphatic rings. The molecule has 92 valence electrons. The maximum Gasteiger partial charge on any atom is 0.132 e. The summed E-state index contributed by atoms with van der Waals surface area (Å²) in [6.07, 6.45) is 16.3. The summed E-state index contributed by atoms with van der Waals surface area (Å²) in [5.41, 5.74) is 0. The predicted molar refractivity (Wildman–Crippen MR) is 67.4 cm³/mol. The summed E-state index contributed by atoms with van der Waals surface area (Å²) in [5, 5.41) is 0. The standard InChI is InChI=1S/C10H18.C5H8O/c1-2-6-10-8-4-3-7-9(10)5-1;6-5-3-1-2-4-5/h9-10H,1-8H2;1-4H2. The van der Waals surface area contributed by atoms with E-state index in [0.717, 1.165) is 37.5 Å². The van der Waals surface area contributed by atoms with E-state index in [1.54, 1.807) is 25.7 Å². The van der Waals surface area contributed by atoms with Gasteiger partial charge in [-0.25, -0.2) is 0 Å². The van der Waals surface area contributed by atoms with Crippen LogP contribution in [-0.4, -0.2) is 5.78 Å². The number of carbonyl (C=O) groups excluding carboxylic acids is 1. The summed E-state index contributed by atoms with van der Waals surface area (Å²) in [7, 11) is 0. The maximum atomic E-state index is 10.2. The quantitative estimate of drug-likeness (QED) is 0.590. The molecule has 3 rings (SSSR count). The molecule has 0 spiro atoms. The van der Waals surface area contributed by atoms with Gasteiger partial charge in [0.15, 0.2) is 0 Å². The summed E-state index contributed by atoms with van der Waals surface area (Å²) in [5.74, 6) is 2.76. The number of Topliss-reactive ketones (excluding diaryl/α,β-unsaturated/α-hetero) is 1. The average molecular weight is 222 g/mol. The molecule has 3 saturated carbocycles. The Hall–Kier alpha value is -0.330. The lowest BCUT2D eigenvalue weighted by Crippen LogP contribution is -2.22. The van der Waals surface area contributed by atoms with E-state index in [-0.39, 0.29) is 0 Å². The molecule has 0 aromatic heterocycles. The Morgan fingerprint density at radius 3 is 1.25 bits per heavy atom. The first-order chi connectivity index (χ1) is 7.86. The molecule has 0 amide bonds. The molecular formula is C15H26O. The molecule has 0 aromatic carbocycles. The first-order valence-corrected chi connectivity index (χ1v) is 7.38. The summed E-state index contributed by atoms with van der Waals surface area (Å²) in [6.45, 7) is 0. The predicted octanol–water partition coefficient (Wildman–Crippen LogP) is 4.50.